The fraction of sp³-hybridized carbons (Fsp3) is 0.143. The van der Waals surface area contributed by atoms with Gasteiger partial charge in [-0.1, -0.05) is 34.1 Å². The first-order valence-corrected chi connectivity index (χ1v) is 6.38. The van der Waals surface area contributed by atoms with Crippen molar-refractivity contribution >= 4 is 15.9 Å². The van der Waals surface area contributed by atoms with Crippen LogP contribution in [0.1, 0.15) is 22.8 Å². The number of aliphatic hydroxyl groups excluding tert-OH is 1. The molecular weight excluding hydrogens is 340 g/mol. The Balaban J connectivity index is 2.52. The quantitative estimate of drug-likeness (QED) is 0.780. The van der Waals surface area contributed by atoms with Gasteiger partial charge in [0.25, 0.3) is 0 Å². The number of aliphatic hydroxyl groups is 1. The normalized spacial score (nSPS) is 13.3. The summed E-state index contributed by atoms with van der Waals surface area (Å²) in [6.45, 7) is 0. The summed E-state index contributed by atoms with van der Waals surface area (Å²) in [4.78, 5) is 0. The molecule has 0 heterocycles. The van der Waals surface area contributed by atoms with Crippen LogP contribution < -0.4 is 0 Å². The van der Waals surface area contributed by atoms with E-state index in [-0.39, 0.29) is 15.6 Å². The summed E-state index contributed by atoms with van der Waals surface area (Å²) in [5.74, 6) is -0.618. The maximum absolute atomic E-state index is 13.1. The number of halogens is 5. The number of benzene rings is 2. The highest BCUT2D eigenvalue weighted by atomic mass is 79.9. The minimum Gasteiger partial charge on any atom is -0.384 e. The Hall–Kier alpha value is -1.40. The molecule has 0 aliphatic carbocycles. The zero-order chi connectivity index (χ0) is 14.9. The second-order valence-electron chi connectivity index (χ2n) is 4.19. The molecule has 1 atom stereocenters. The molecule has 2 aromatic rings. The minimum absolute atomic E-state index is 0.0674. The van der Waals surface area contributed by atoms with Crippen molar-refractivity contribution in [1.82, 2.24) is 0 Å². The third-order valence-electron chi connectivity index (χ3n) is 2.78. The fourth-order valence-corrected chi connectivity index (χ4v) is 2.23. The molecular formula is C14H9BrF4O. The average molecular weight is 349 g/mol. The topological polar surface area (TPSA) is 20.2 Å². The molecule has 0 saturated carbocycles. The van der Waals surface area contributed by atoms with Crippen LogP contribution in [0.3, 0.4) is 0 Å². The summed E-state index contributed by atoms with van der Waals surface area (Å²) in [7, 11) is 0. The van der Waals surface area contributed by atoms with E-state index < -0.39 is 23.7 Å². The summed E-state index contributed by atoms with van der Waals surface area (Å²) >= 11 is 2.96. The van der Waals surface area contributed by atoms with Crippen molar-refractivity contribution in [2.24, 2.45) is 0 Å². The lowest BCUT2D eigenvalue weighted by Crippen LogP contribution is -2.13. The summed E-state index contributed by atoms with van der Waals surface area (Å²) in [5, 5.41) is 10.1. The summed E-state index contributed by atoms with van der Waals surface area (Å²) in [5.41, 5.74) is -1.20. The molecule has 20 heavy (non-hydrogen) atoms. The second kappa shape index (κ2) is 5.54. The molecule has 0 spiro atoms. The molecule has 2 rings (SSSR count). The van der Waals surface area contributed by atoms with E-state index in [9.17, 15) is 22.7 Å². The van der Waals surface area contributed by atoms with Gasteiger partial charge in [-0.25, -0.2) is 4.39 Å². The van der Waals surface area contributed by atoms with Gasteiger partial charge >= 0.3 is 6.18 Å². The van der Waals surface area contributed by atoms with Gasteiger partial charge in [0.05, 0.1) is 5.56 Å². The molecule has 106 valence electrons. The Bertz CT molecular complexity index is 625. The molecule has 1 N–H and O–H groups in total. The van der Waals surface area contributed by atoms with Crippen LogP contribution in [0.5, 0.6) is 0 Å². The van der Waals surface area contributed by atoms with Gasteiger partial charge in [0, 0.05) is 4.47 Å². The molecule has 6 heteroatoms. The summed E-state index contributed by atoms with van der Waals surface area (Å²) in [6, 6.07) is 8.32. The van der Waals surface area contributed by atoms with Crippen molar-refractivity contribution in [3.05, 3.63) is 69.4 Å². The predicted molar refractivity (Wildman–Crippen MR) is 69.6 cm³/mol. The highest BCUT2D eigenvalue weighted by Gasteiger charge is 2.35. The standard InChI is InChI=1S/C14H9BrF4O/c15-9-4-5-11(12(7-9)14(17,18)19)13(20)8-2-1-3-10(16)6-8/h1-7,13,20H. The van der Waals surface area contributed by atoms with E-state index in [1.54, 1.807) is 0 Å². The molecule has 1 nitrogen and oxygen atoms in total. The Morgan fingerprint density at radius 1 is 1.05 bits per heavy atom. The van der Waals surface area contributed by atoms with E-state index in [1.165, 1.54) is 24.3 Å². The second-order valence-corrected chi connectivity index (χ2v) is 5.10. The van der Waals surface area contributed by atoms with Crippen molar-refractivity contribution in [2.75, 3.05) is 0 Å². The molecule has 1 unspecified atom stereocenters. The van der Waals surface area contributed by atoms with E-state index in [0.717, 1.165) is 18.2 Å². The molecule has 0 radical (unpaired) electrons. The maximum Gasteiger partial charge on any atom is 0.416 e. The van der Waals surface area contributed by atoms with Gasteiger partial charge in [-0.15, -0.1) is 0 Å². The van der Waals surface area contributed by atoms with Gasteiger partial charge in [-0.3, -0.25) is 0 Å². The number of rotatable bonds is 2. The molecule has 0 aromatic heterocycles. The monoisotopic (exact) mass is 348 g/mol. The van der Waals surface area contributed by atoms with Crippen molar-refractivity contribution in [3.8, 4) is 0 Å². The summed E-state index contributed by atoms with van der Waals surface area (Å²) < 4.78 is 52.3. The summed E-state index contributed by atoms with van der Waals surface area (Å²) in [6.07, 6.45) is -6.15. The lowest BCUT2D eigenvalue weighted by Gasteiger charge is -2.18. The molecule has 0 saturated heterocycles. The van der Waals surface area contributed by atoms with E-state index in [4.69, 9.17) is 0 Å². The van der Waals surface area contributed by atoms with Crippen LogP contribution in [-0.4, -0.2) is 5.11 Å². The predicted octanol–water partition coefficient (Wildman–Crippen LogP) is 4.69. The van der Waals surface area contributed by atoms with E-state index in [0.29, 0.717) is 0 Å². The largest absolute Gasteiger partial charge is 0.416 e. The third kappa shape index (κ3) is 3.19. The van der Waals surface area contributed by atoms with Crippen molar-refractivity contribution in [2.45, 2.75) is 12.3 Å². The molecule has 0 aliphatic rings. The first-order valence-electron chi connectivity index (χ1n) is 5.59. The Labute approximate surface area is 121 Å². The molecule has 0 bridgehead atoms. The van der Waals surface area contributed by atoms with Crippen LogP contribution in [0.2, 0.25) is 0 Å². The molecule has 2 aromatic carbocycles. The highest BCUT2D eigenvalue weighted by Crippen LogP contribution is 2.38. The number of alkyl halides is 3. The van der Waals surface area contributed by atoms with Crippen LogP contribution in [0.15, 0.2) is 46.9 Å². The van der Waals surface area contributed by atoms with Crippen molar-refractivity contribution in [3.63, 3.8) is 0 Å². The Kier molecular flexibility index (Phi) is 4.15. The van der Waals surface area contributed by atoms with Gasteiger partial charge in [-0.05, 0) is 35.4 Å². The Morgan fingerprint density at radius 2 is 1.75 bits per heavy atom. The van der Waals surface area contributed by atoms with E-state index in [2.05, 4.69) is 15.9 Å². The van der Waals surface area contributed by atoms with Crippen LogP contribution in [0, 0.1) is 5.82 Å². The van der Waals surface area contributed by atoms with E-state index >= 15 is 0 Å². The first-order chi connectivity index (χ1) is 9.29. The zero-order valence-corrected chi connectivity index (χ0v) is 11.5. The zero-order valence-electron chi connectivity index (χ0n) is 9.96. The van der Waals surface area contributed by atoms with Gasteiger partial charge in [-0.2, -0.15) is 13.2 Å². The maximum atomic E-state index is 13.1. The minimum atomic E-state index is -4.60. The average Bonchev–Trinajstić information content (AvgIpc) is 2.37. The number of hydrogen-bond donors (Lipinski definition) is 1. The molecule has 0 fully saturated rings. The first kappa shape index (κ1) is 15.0. The molecule has 0 amide bonds. The van der Waals surface area contributed by atoms with Gasteiger partial charge < -0.3 is 5.11 Å². The Morgan fingerprint density at radius 3 is 2.35 bits per heavy atom. The lowest BCUT2D eigenvalue weighted by atomic mass is 9.96. The van der Waals surface area contributed by atoms with E-state index in [1.807, 2.05) is 0 Å². The van der Waals surface area contributed by atoms with Gasteiger partial charge in [0.2, 0.25) is 0 Å². The van der Waals surface area contributed by atoms with Crippen LogP contribution in [0.25, 0.3) is 0 Å². The van der Waals surface area contributed by atoms with Gasteiger partial charge in [0.15, 0.2) is 0 Å². The highest BCUT2D eigenvalue weighted by molar-refractivity contribution is 9.10. The molecule has 0 aliphatic heterocycles. The third-order valence-corrected chi connectivity index (χ3v) is 3.27. The smallest absolute Gasteiger partial charge is 0.384 e. The van der Waals surface area contributed by atoms with Crippen LogP contribution in [0.4, 0.5) is 17.6 Å². The SMILES string of the molecule is OC(c1cccc(F)c1)c1ccc(Br)cc1C(F)(F)F. The fourth-order valence-electron chi connectivity index (χ4n) is 1.87. The van der Waals surface area contributed by atoms with Gasteiger partial charge in [0.1, 0.15) is 11.9 Å². The lowest BCUT2D eigenvalue weighted by molar-refractivity contribution is -0.139. The number of hydrogen-bond acceptors (Lipinski definition) is 1. The van der Waals surface area contributed by atoms with Crippen LogP contribution >= 0.6 is 15.9 Å². The van der Waals surface area contributed by atoms with Crippen LogP contribution in [-0.2, 0) is 6.18 Å². The van der Waals surface area contributed by atoms with Crippen molar-refractivity contribution in [1.29, 1.82) is 0 Å². The van der Waals surface area contributed by atoms with Crippen molar-refractivity contribution < 1.29 is 22.7 Å².